The highest BCUT2D eigenvalue weighted by Gasteiger charge is 2.49. The van der Waals surface area contributed by atoms with Gasteiger partial charge in [0.15, 0.2) is 5.58 Å². The van der Waals surface area contributed by atoms with E-state index < -0.39 is 26.9 Å². The lowest BCUT2D eigenvalue weighted by atomic mass is 10.2. The SMILES string of the molecule is CC(=O)N1C(=O)c2c(oc3c(Br)sc(Br)c23)S1(=O)=O. The number of nitrogens with zero attached hydrogens (tertiary/aromatic N) is 1. The Morgan fingerprint density at radius 3 is 2.53 bits per heavy atom. The van der Waals surface area contributed by atoms with Crippen molar-refractivity contribution in [3.63, 3.8) is 0 Å². The summed E-state index contributed by atoms with van der Waals surface area (Å²) in [7, 11) is -4.23. The van der Waals surface area contributed by atoms with E-state index in [1.165, 1.54) is 11.3 Å². The topological polar surface area (TPSA) is 84.7 Å². The van der Waals surface area contributed by atoms with Crippen LogP contribution in [0.1, 0.15) is 17.3 Å². The van der Waals surface area contributed by atoms with Crippen LogP contribution in [-0.2, 0) is 14.8 Å². The largest absolute Gasteiger partial charge is 0.440 e. The van der Waals surface area contributed by atoms with Crippen molar-refractivity contribution in [3.05, 3.63) is 13.1 Å². The van der Waals surface area contributed by atoms with Gasteiger partial charge in [-0.25, -0.2) is 0 Å². The van der Waals surface area contributed by atoms with E-state index >= 15 is 0 Å². The number of halogens is 2. The van der Waals surface area contributed by atoms with E-state index in [9.17, 15) is 18.0 Å². The molecule has 0 aromatic carbocycles. The highest BCUT2D eigenvalue weighted by atomic mass is 79.9. The molecule has 1 aliphatic rings. The van der Waals surface area contributed by atoms with Crippen molar-refractivity contribution in [2.45, 2.75) is 12.0 Å². The summed E-state index contributed by atoms with van der Waals surface area (Å²) in [6.45, 7) is 1.01. The van der Waals surface area contributed by atoms with Gasteiger partial charge in [0.2, 0.25) is 5.91 Å². The van der Waals surface area contributed by atoms with Gasteiger partial charge in [-0.3, -0.25) is 9.59 Å². The number of furan rings is 1. The van der Waals surface area contributed by atoms with Crippen LogP contribution in [0, 0.1) is 0 Å². The number of hydrogen-bond donors (Lipinski definition) is 0. The van der Waals surface area contributed by atoms with Gasteiger partial charge in [-0.1, -0.05) is 0 Å². The van der Waals surface area contributed by atoms with Crippen LogP contribution in [0.25, 0.3) is 11.0 Å². The summed E-state index contributed by atoms with van der Waals surface area (Å²) in [4.78, 5) is 23.5. The van der Waals surface area contributed by atoms with Crippen LogP contribution in [-0.4, -0.2) is 24.5 Å². The lowest BCUT2D eigenvalue weighted by Gasteiger charge is -2.08. The Kier molecular flexibility index (Phi) is 2.73. The number of amides is 2. The molecule has 0 fully saturated rings. The summed E-state index contributed by atoms with van der Waals surface area (Å²) >= 11 is 7.73. The van der Waals surface area contributed by atoms with E-state index in [2.05, 4.69) is 31.9 Å². The van der Waals surface area contributed by atoms with Gasteiger partial charge in [-0.15, -0.1) is 11.3 Å². The summed E-state index contributed by atoms with van der Waals surface area (Å²) in [6, 6.07) is 0. The van der Waals surface area contributed by atoms with Crippen molar-refractivity contribution in [1.29, 1.82) is 0 Å². The first-order valence-corrected chi connectivity index (χ1v) is 8.61. The molecule has 1 aliphatic heterocycles. The van der Waals surface area contributed by atoms with Crippen molar-refractivity contribution >= 4 is 76.0 Å². The zero-order valence-electron chi connectivity index (χ0n) is 9.06. The lowest BCUT2D eigenvalue weighted by molar-refractivity contribution is -0.122. The molecule has 2 aromatic rings. The van der Waals surface area contributed by atoms with Crippen molar-refractivity contribution in [3.8, 4) is 0 Å². The summed E-state index contributed by atoms with van der Waals surface area (Å²) in [5.41, 5.74) is 0.182. The van der Waals surface area contributed by atoms with Crippen molar-refractivity contribution < 1.29 is 22.4 Å². The Hall–Kier alpha value is -0.710. The Bertz CT molecular complexity index is 863. The van der Waals surface area contributed by atoms with Crippen LogP contribution in [0.2, 0.25) is 0 Å². The summed E-state index contributed by atoms with van der Waals surface area (Å²) in [5, 5.41) is -0.115. The Labute approximate surface area is 127 Å². The lowest BCUT2D eigenvalue weighted by Crippen LogP contribution is -2.34. The molecular weight excluding hydrogens is 426 g/mol. The quantitative estimate of drug-likeness (QED) is 0.643. The van der Waals surface area contributed by atoms with E-state index in [1.807, 2.05) is 0 Å². The summed E-state index contributed by atoms with van der Waals surface area (Å²) in [6.07, 6.45) is 0. The second-order valence-corrected chi connectivity index (χ2v) is 9.05. The molecule has 19 heavy (non-hydrogen) atoms. The summed E-state index contributed by atoms with van der Waals surface area (Å²) in [5.74, 6) is -1.75. The predicted octanol–water partition coefficient (Wildman–Crippen LogP) is 2.71. The third-order valence-electron chi connectivity index (χ3n) is 2.59. The van der Waals surface area contributed by atoms with E-state index in [1.54, 1.807) is 0 Å². The molecule has 0 spiro atoms. The number of hydrogen-bond acceptors (Lipinski definition) is 6. The van der Waals surface area contributed by atoms with Gasteiger partial charge in [0.05, 0.1) is 9.17 Å². The minimum Gasteiger partial charge on any atom is -0.440 e. The summed E-state index contributed by atoms with van der Waals surface area (Å²) < 4.78 is 30.8. The van der Waals surface area contributed by atoms with Crippen molar-refractivity contribution in [2.24, 2.45) is 0 Å². The maximum atomic E-state index is 12.1. The van der Waals surface area contributed by atoms with Gasteiger partial charge in [0.25, 0.3) is 11.0 Å². The standard InChI is InChI=1S/C9H3Br2NO5S2/c1-2(13)12-8(14)4-3-5(7(11)18-6(3)10)17-9(4)19(12,15)16/h1H3. The molecule has 2 aromatic heterocycles. The Morgan fingerprint density at radius 1 is 1.32 bits per heavy atom. The van der Waals surface area contributed by atoms with Crippen LogP contribution in [0.15, 0.2) is 17.1 Å². The van der Waals surface area contributed by atoms with Crippen molar-refractivity contribution in [2.75, 3.05) is 0 Å². The molecule has 0 aliphatic carbocycles. The zero-order chi connectivity index (χ0) is 14.1. The number of rotatable bonds is 0. The first kappa shape index (κ1) is 13.3. The predicted molar refractivity (Wildman–Crippen MR) is 73.5 cm³/mol. The molecule has 3 heterocycles. The molecular formula is C9H3Br2NO5S2. The molecule has 2 amide bonds. The molecule has 0 radical (unpaired) electrons. The zero-order valence-corrected chi connectivity index (χ0v) is 13.9. The van der Waals surface area contributed by atoms with Crippen LogP contribution < -0.4 is 0 Å². The number of sulfonamides is 1. The minimum atomic E-state index is -4.23. The van der Waals surface area contributed by atoms with Gasteiger partial charge in [-0.05, 0) is 31.9 Å². The van der Waals surface area contributed by atoms with Crippen LogP contribution in [0.4, 0.5) is 0 Å². The van der Waals surface area contributed by atoms with Gasteiger partial charge in [-0.2, -0.15) is 12.7 Å². The number of carbonyl (C=O) groups is 2. The fourth-order valence-electron chi connectivity index (χ4n) is 1.89. The average molecular weight is 429 g/mol. The second-order valence-electron chi connectivity index (χ2n) is 3.71. The van der Waals surface area contributed by atoms with E-state index in [0.717, 1.165) is 6.92 Å². The molecule has 6 nitrogen and oxygen atoms in total. The highest BCUT2D eigenvalue weighted by Crippen LogP contribution is 2.47. The highest BCUT2D eigenvalue weighted by molar-refractivity contribution is 9.12. The second kappa shape index (κ2) is 3.90. The number of fused-ring (bicyclic) bond motifs is 3. The van der Waals surface area contributed by atoms with Crippen LogP contribution in [0.3, 0.4) is 0 Å². The molecule has 0 saturated heterocycles. The minimum absolute atomic E-state index is 0.0981. The monoisotopic (exact) mass is 427 g/mol. The first-order chi connectivity index (χ1) is 8.76. The normalized spacial score (nSPS) is 17.2. The molecule has 100 valence electrons. The Morgan fingerprint density at radius 2 is 1.95 bits per heavy atom. The third-order valence-corrected chi connectivity index (χ3v) is 6.72. The van der Waals surface area contributed by atoms with E-state index in [4.69, 9.17) is 4.42 Å². The molecule has 0 atom stereocenters. The fraction of sp³-hybridized carbons (Fsp3) is 0.111. The maximum absolute atomic E-state index is 12.1. The third kappa shape index (κ3) is 1.54. The average Bonchev–Trinajstić information content (AvgIpc) is 2.82. The van der Waals surface area contributed by atoms with E-state index in [0.29, 0.717) is 13.0 Å². The maximum Gasteiger partial charge on any atom is 0.307 e. The van der Waals surface area contributed by atoms with Gasteiger partial charge < -0.3 is 4.42 Å². The van der Waals surface area contributed by atoms with Gasteiger partial charge in [0.1, 0.15) is 9.35 Å². The number of thiophene rings is 1. The van der Waals surface area contributed by atoms with Gasteiger partial charge in [0, 0.05) is 6.92 Å². The molecule has 0 N–H and O–H groups in total. The molecule has 0 saturated carbocycles. The molecule has 10 heteroatoms. The first-order valence-electron chi connectivity index (χ1n) is 4.77. The smallest absolute Gasteiger partial charge is 0.307 e. The Balaban J connectivity index is 2.46. The molecule has 0 bridgehead atoms. The fourth-order valence-corrected chi connectivity index (χ4v) is 6.31. The number of imide groups is 1. The van der Waals surface area contributed by atoms with Crippen LogP contribution in [0.5, 0.6) is 0 Å². The number of carbonyl (C=O) groups excluding carboxylic acids is 2. The van der Waals surface area contributed by atoms with Gasteiger partial charge >= 0.3 is 10.0 Å². The molecule has 0 unspecified atom stereocenters. The molecule has 3 rings (SSSR count). The van der Waals surface area contributed by atoms with Crippen molar-refractivity contribution in [1.82, 2.24) is 4.31 Å². The van der Waals surface area contributed by atoms with E-state index in [-0.39, 0.29) is 15.5 Å². The van der Waals surface area contributed by atoms with Crippen LogP contribution >= 0.6 is 43.2 Å².